The summed E-state index contributed by atoms with van der Waals surface area (Å²) in [5, 5.41) is -0.145. The van der Waals surface area contributed by atoms with Gasteiger partial charge in [0.1, 0.15) is 11.0 Å². The summed E-state index contributed by atoms with van der Waals surface area (Å²) in [6.45, 7) is 6.09. The molecule has 1 aromatic heterocycles. The van der Waals surface area contributed by atoms with Gasteiger partial charge in [-0.1, -0.05) is 25.4 Å². The summed E-state index contributed by atoms with van der Waals surface area (Å²) in [6.07, 6.45) is -3.55. The quantitative estimate of drug-likeness (QED) is 0.753. The molecular formula is C13H18ClF3N2. The molecule has 0 amide bonds. The number of hydrogen-bond donors (Lipinski definition) is 0. The Balaban J connectivity index is 3.03. The van der Waals surface area contributed by atoms with Crippen molar-refractivity contribution in [3.05, 3.63) is 22.8 Å². The molecule has 1 heterocycles. The van der Waals surface area contributed by atoms with Crippen molar-refractivity contribution in [1.82, 2.24) is 4.98 Å². The van der Waals surface area contributed by atoms with E-state index in [1.54, 1.807) is 11.9 Å². The van der Waals surface area contributed by atoms with E-state index in [2.05, 4.69) is 18.8 Å². The Morgan fingerprint density at radius 2 is 1.84 bits per heavy atom. The molecular weight excluding hydrogens is 277 g/mol. The molecule has 0 radical (unpaired) electrons. The Labute approximate surface area is 116 Å². The average molecular weight is 295 g/mol. The fraction of sp³-hybridized carbons (Fsp3) is 0.615. The predicted molar refractivity (Wildman–Crippen MR) is 71.6 cm³/mol. The van der Waals surface area contributed by atoms with Crippen LogP contribution in [0.15, 0.2) is 12.1 Å². The van der Waals surface area contributed by atoms with Gasteiger partial charge in [0.05, 0.1) is 5.56 Å². The second-order valence-electron chi connectivity index (χ2n) is 5.12. The predicted octanol–water partition coefficient (Wildman–Crippen LogP) is 4.62. The van der Waals surface area contributed by atoms with E-state index < -0.39 is 11.7 Å². The molecule has 19 heavy (non-hydrogen) atoms. The van der Waals surface area contributed by atoms with Gasteiger partial charge in [-0.15, -0.1) is 0 Å². The van der Waals surface area contributed by atoms with Crippen LogP contribution >= 0.6 is 11.6 Å². The fourth-order valence-corrected chi connectivity index (χ4v) is 2.10. The highest BCUT2D eigenvalue weighted by atomic mass is 35.5. The molecule has 0 saturated carbocycles. The van der Waals surface area contributed by atoms with Crippen LogP contribution in [0.4, 0.5) is 19.0 Å². The van der Waals surface area contributed by atoms with Crippen LogP contribution in [0.1, 0.15) is 32.8 Å². The van der Waals surface area contributed by atoms with Gasteiger partial charge in [-0.05, 0) is 31.4 Å². The van der Waals surface area contributed by atoms with Crippen LogP contribution in [0.3, 0.4) is 0 Å². The Bertz CT molecular complexity index is 432. The molecule has 1 aromatic rings. The lowest BCUT2D eigenvalue weighted by molar-refractivity contribution is -0.137. The minimum atomic E-state index is -4.41. The number of alkyl halides is 3. The van der Waals surface area contributed by atoms with Crippen molar-refractivity contribution in [2.45, 2.75) is 39.4 Å². The third-order valence-corrected chi connectivity index (χ3v) is 3.14. The molecule has 0 fully saturated rings. The minimum Gasteiger partial charge on any atom is -0.357 e. The normalized spacial score (nSPS) is 13.7. The zero-order valence-corrected chi connectivity index (χ0v) is 12.2. The van der Waals surface area contributed by atoms with Crippen molar-refractivity contribution >= 4 is 17.4 Å². The summed E-state index contributed by atoms with van der Waals surface area (Å²) in [4.78, 5) is 5.69. The van der Waals surface area contributed by atoms with E-state index in [9.17, 15) is 13.2 Å². The second-order valence-corrected chi connectivity index (χ2v) is 5.51. The van der Waals surface area contributed by atoms with Gasteiger partial charge in [0.2, 0.25) is 0 Å². The zero-order chi connectivity index (χ0) is 14.8. The molecule has 0 N–H and O–H groups in total. The number of pyridine rings is 1. The highest BCUT2D eigenvalue weighted by Gasteiger charge is 2.32. The molecule has 0 spiro atoms. The number of halogens is 4. The topological polar surface area (TPSA) is 16.1 Å². The molecule has 0 aliphatic heterocycles. The standard InChI is InChI=1S/C13H18ClF3N2/c1-8(2)5-9(3)19(4)12-7-10(13(15,16)17)6-11(14)18-12/h6-9H,5H2,1-4H3. The molecule has 108 valence electrons. The zero-order valence-electron chi connectivity index (χ0n) is 11.4. The lowest BCUT2D eigenvalue weighted by atomic mass is 10.0. The van der Waals surface area contributed by atoms with Gasteiger partial charge in [-0.3, -0.25) is 0 Å². The molecule has 0 aliphatic rings. The van der Waals surface area contributed by atoms with Crippen molar-refractivity contribution in [1.29, 1.82) is 0 Å². The highest BCUT2D eigenvalue weighted by molar-refractivity contribution is 6.29. The molecule has 6 heteroatoms. The van der Waals surface area contributed by atoms with Gasteiger partial charge in [-0.25, -0.2) is 4.98 Å². The van der Waals surface area contributed by atoms with Gasteiger partial charge in [0, 0.05) is 13.1 Å². The molecule has 0 saturated heterocycles. The SMILES string of the molecule is CC(C)CC(C)N(C)c1cc(C(F)(F)F)cc(Cl)n1. The van der Waals surface area contributed by atoms with E-state index in [1.807, 2.05) is 6.92 Å². The molecule has 0 aromatic carbocycles. The lowest BCUT2D eigenvalue weighted by Gasteiger charge is -2.28. The minimum absolute atomic E-state index is 0.0899. The fourth-order valence-electron chi connectivity index (χ4n) is 1.89. The van der Waals surface area contributed by atoms with E-state index in [0.29, 0.717) is 5.92 Å². The van der Waals surface area contributed by atoms with E-state index in [4.69, 9.17) is 11.6 Å². The summed E-state index contributed by atoms with van der Waals surface area (Å²) in [7, 11) is 1.73. The van der Waals surface area contributed by atoms with Crippen LogP contribution in [0.25, 0.3) is 0 Å². The van der Waals surface area contributed by atoms with E-state index in [1.165, 1.54) is 0 Å². The lowest BCUT2D eigenvalue weighted by Crippen LogP contribution is -2.31. The average Bonchev–Trinajstić information content (AvgIpc) is 2.25. The first-order chi connectivity index (χ1) is 8.61. The maximum absolute atomic E-state index is 12.7. The monoisotopic (exact) mass is 294 g/mol. The summed E-state index contributed by atoms with van der Waals surface area (Å²) >= 11 is 5.67. The molecule has 1 atom stereocenters. The van der Waals surface area contributed by atoms with Crippen LogP contribution in [0.2, 0.25) is 5.15 Å². The molecule has 1 rings (SSSR count). The summed E-state index contributed by atoms with van der Waals surface area (Å²) in [6, 6.07) is 1.96. The highest BCUT2D eigenvalue weighted by Crippen LogP contribution is 2.33. The number of rotatable bonds is 4. The van der Waals surface area contributed by atoms with Gasteiger partial charge in [-0.2, -0.15) is 13.2 Å². The number of aromatic nitrogens is 1. The van der Waals surface area contributed by atoms with E-state index in [0.717, 1.165) is 18.6 Å². The van der Waals surface area contributed by atoms with Gasteiger partial charge < -0.3 is 4.90 Å². The van der Waals surface area contributed by atoms with Crippen LogP contribution in [0.5, 0.6) is 0 Å². The van der Waals surface area contributed by atoms with Crippen LogP contribution in [-0.4, -0.2) is 18.1 Å². The first-order valence-electron chi connectivity index (χ1n) is 6.09. The Morgan fingerprint density at radius 1 is 1.26 bits per heavy atom. The van der Waals surface area contributed by atoms with Gasteiger partial charge in [0.15, 0.2) is 0 Å². The summed E-state index contributed by atoms with van der Waals surface area (Å²) < 4.78 is 38.2. The van der Waals surface area contributed by atoms with Crippen molar-refractivity contribution in [3.8, 4) is 0 Å². The Morgan fingerprint density at radius 3 is 2.32 bits per heavy atom. The van der Waals surface area contributed by atoms with Crippen LogP contribution < -0.4 is 4.90 Å². The molecule has 0 bridgehead atoms. The first kappa shape index (κ1) is 16.1. The van der Waals surface area contributed by atoms with Crippen LogP contribution in [0, 0.1) is 5.92 Å². The summed E-state index contributed by atoms with van der Waals surface area (Å²) in [5.74, 6) is 0.701. The third kappa shape index (κ3) is 4.56. The van der Waals surface area contributed by atoms with Crippen molar-refractivity contribution in [2.75, 3.05) is 11.9 Å². The van der Waals surface area contributed by atoms with Crippen molar-refractivity contribution < 1.29 is 13.2 Å². The first-order valence-corrected chi connectivity index (χ1v) is 6.46. The molecule has 0 aliphatic carbocycles. The number of hydrogen-bond acceptors (Lipinski definition) is 2. The second kappa shape index (κ2) is 5.99. The molecule has 2 nitrogen and oxygen atoms in total. The van der Waals surface area contributed by atoms with Crippen molar-refractivity contribution in [3.63, 3.8) is 0 Å². The van der Waals surface area contributed by atoms with E-state index in [-0.39, 0.29) is 17.0 Å². The Hall–Kier alpha value is -0.970. The van der Waals surface area contributed by atoms with Gasteiger partial charge >= 0.3 is 6.18 Å². The maximum atomic E-state index is 12.7. The van der Waals surface area contributed by atoms with Crippen molar-refractivity contribution in [2.24, 2.45) is 5.92 Å². The van der Waals surface area contributed by atoms with Crippen LogP contribution in [-0.2, 0) is 6.18 Å². The van der Waals surface area contributed by atoms with E-state index >= 15 is 0 Å². The third-order valence-electron chi connectivity index (χ3n) is 2.94. The smallest absolute Gasteiger partial charge is 0.357 e. The number of nitrogens with zero attached hydrogens (tertiary/aromatic N) is 2. The number of anilines is 1. The molecule has 1 unspecified atom stereocenters. The summed E-state index contributed by atoms with van der Waals surface area (Å²) in [5.41, 5.74) is -0.772. The maximum Gasteiger partial charge on any atom is 0.416 e. The van der Waals surface area contributed by atoms with Gasteiger partial charge in [0.25, 0.3) is 0 Å². The largest absolute Gasteiger partial charge is 0.416 e. The Kier molecular flexibility index (Phi) is 5.07.